The van der Waals surface area contributed by atoms with Crippen LogP contribution in [0.3, 0.4) is 0 Å². The molecule has 0 saturated carbocycles. The molecule has 0 heterocycles. The molecule has 2 nitrogen and oxygen atoms in total. The van der Waals surface area contributed by atoms with Crippen LogP contribution in [0.2, 0.25) is 15.1 Å². The highest BCUT2D eigenvalue weighted by atomic mass is 35.5. The predicted molar refractivity (Wildman–Crippen MR) is 94.1 cm³/mol. The van der Waals surface area contributed by atoms with E-state index in [4.69, 9.17) is 55.7 Å². The van der Waals surface area contributed by atoms with Gasteiger partial charge in [-0.2, -0.15) is 0 Å². The van der Waals surface area contributed by atoms with E-state index >= 15 is 0 Å². The van der Waals surface area contributed by atoms with Gasteiger partial charge in [-0.1, -0.05) is 53.0 Å². The molecular weight excluding hydrogens is 370 g/mol. The standard InChI is InChI=1S/C14H12Cl3O2PS/c1-2-18-20(21,11-6-4-3-5-7-11)19-14-12(16)8-10(15)9-13(14)17/h3-9H,2H2,1H3. The lowest BCUT2D eigenvalue weighted by Crippen LogP contribution is -2.12. The van der Waals surface area contributed by atoms with Crippen LogP contribution < -0.4 is 9.83 Å². The zero-order valence-electron chi connectivity index (χ0n) is 11.1. The van der Waals surface area contributed by atoms with Crippen LogP contribution in [0, 0.1) is 0 Å². The Bertz CT molecular complexity index is 656. The monoisotopic (exact) mass is 380 g/mol. The molecule has 0 aliphatic heterocycles. The summed E-state index contributed by atoms with van der Waals surface area (Å²) in [6, 6.07) is 12.5. The molecule has 2 aromatic rings. The zero-order valence-corrected chi connectivity index (χ0v) is 15.0. The summed E-state index contributed by atoms with van der Waals surface area (Å²) in [7, 11) is 0. The minimum atomic E-state index is -2.74. The fourth-order valence-electron chi connectivity index (χ4n) is 1.67. The van der Waals surface area contributed by atoms with Gasteiger partial charge in [0.2, 0.25) is 0 Å². The summed E-state index contributed by atoms with van der Waals surface area (Å²) in [5.74, 6) is 0.295. The second-order valence-corrected chi connectivity index (χ2v) is 8.69. The van der Waals surface area contributed by atoms with Gasteiger partial charge in [0.05, 0.1) is 16.7 Å². The first-order valence-electron chi connectivity index (χ1n) is 6.10. The molecule has 112 valence electrons. The Morgan fingerprint density at radius 3 is 2.14 bits per heavy atom. The number of hydrogen-bond donors (Lipinski definition) is 0. The Morgan fingerprint density at radius 1 is 1.05 bits per heavy atom. The van der Waals surface area contributed by atoms with E-state index in [-0.39, 0.29) is 0 Å². The molecule has 0 N–H and O–H groups in total. The summed E-state index contributed by atoms with van der Waals surface area (Å²) < 4.78 is 11.6. The van der Waals surface area contributed by atoms with Crippen molar-refractivity contribution in [2.45, 2.75) is 6.92 Å². The molecule has 0 aliphatic carbocycles. The number of halogens is 3. The van der Waals surface area contributed by atoms with Crippen LogP contribution in [0.4, 0.5) is 0 Å². The third-order valence-electron chi connectivity index (χ3n) is 2.55. The van der Waals surface area contributed by atoms with E-state index in [2.05, 4.69) is 0 Å². The van der Waals surface area contributed by atoms with Gasteiger partial charge in [-0.25, -0.2) is 0 Å². The van der Waals surface area contributed by atoms with Crippen molar-refractivity contribution in [3.63, 3.8) is 0 Å². The SMILES string of the molecule is CCOP(=S)(Oc1c(Cl)cc(Cl)cc1Cl)c1ccccc1. The normalized spacial score (nSPS) is 13.7. The Labute approximate surface area is 144 Å². The van der Waals surface area contributed by atoms with Crippen LogP contribution in [0.15, 0.2) is 42.5 Å². The minimum absolute atomic E-state index is 0.295. The average molecular weight is 382 g/mol. The van der Waals surface area contributed by atoms with Crippen LogP contribution in [-0.4, -0.2) is 6.61 Å². The molecule has 1 unspecified atom stereocenters. The van der Waals surface area contributed by atoms with Gasteiger partial charge in [-0.05, 0) is 43.0 Å². The lowest BCUT2D eigenvalue weighted by molar-refractivity contribution is 0.339. The second kappa shape index (κ2) is 7.32. The molecule has 0 aromatic heterocycles. The van der Waals surface area contributed by atoms with Gasteiger partial charge in [0, 0.05) is 10.3 Å². The fourth-order valence-corrected chi connectivity index (χ4v) is 5.20. The Kier molecular flexibility index (Phi) is 5.96. The predicted octanol–water partition coefficient (Wildman–Crippen LogP) is 5.70. The molecule has 2 rings (SSSR count). The molecule has 0 bridgehead atoms. The van der Waals surface area contributed by atoms with E-state index in [1.165, 1.54) is 0 Å². The maximum absolute atomic E-state index is 6.15. The van der Waals surface area contributed by atoms with Crippen molar-refractivity contribution >= 4 is 58.4 Å². The third-order valence-corrected chi connectivity index (χ3v) is 6.45. The van der Waals surface area contributed by atoms with E-state index in [9.17, 15) is 0 Å². The van der Waals surface area contributed by atoms with Gasteiger partial charge in [-0.15, -0.1) is 0 Å². The largest absolute Gasteiger partial charge is 0.437 e. The third kappa shape index (κ3) is 4.13. The molecule has 1 atom stereocenters. The quantitative estimate of drug-likeness (QED) is 0.619. The van der Waals surface area contributed by atoms with Crippen molar-refractivity contribution in [2.24, 2.45) is 0 Å². The van der Waals surface area contributed by atoms with Crippen LogP contribution in [0.25, 0.3) is 0 Å². The second-order valence-electron chi connectivity index (χ2n) is 4.04. The maximum atomic E-state index is 6.15. The Hall–Kier alpha value is -0.280. The average Bonchev–Trinajstić information content (AvgIpc) is 2.44. The summed E-state index contributed by atoms with van der Waals surface area (Å²) in [5, 5.41) is 1.83. The maximum Gasteiger partial charge on any atom is 0.269 e. The molecule has 0 fully saturated rings. The molecule has 0 radical (unpaired) electrons. The van der Waals surface area contributed by atoms with Crippen molar-refractivity contribution in [3.05, 3.63) is 57.5 Å². The molecular formula is C14H12Cl3O2PS. The van der Waals surface area contributed by atoms with Crippen LogP contribution >= 0.6 is 41.3 Å². The van der Waals surface area contributed by atoms with Crippen LogP contribution in [0.5, 0.6) is 5.75 Å². The van der Waals surface area contributed by atoms with Crippen molar-refractivity contribution in [1.82, 2.24) is 0 Å². The first-order valence-corrected chi connectivity index (χ1v) is 9.88. The molecule has 0 aliphatic rings. The molecule has 0 spiro atoms. The highest BCUT2D eigenvalue weighted by Gasteiger charge is 2.25. The van der Waals surface area contributed by atoms with Crippen LogP contribution in [0.1, 0.15) is 6.92 Å². The summed E-state index contributed by atoms with van der Waals surface area (Å²) in [4.78, 5) is 0. The van der Waals surface area contributed by atoms with Gasteiger partial charge in [0.1, 0.15) is 0 Å². The van der Waals surface area contributed by atoms with Gasteiger partial charge in [-0.3, -0.25) is 0 Å². The number of hydrogen-bond acceptors (Lipinski definition) is 3. The molecule has 7 heteroatoms. The van der Waals surface area contributed by atoms with E-state index in [0.29, 0.717) is 27.4 Å². The van der Waals surface area contributed by atoms with Crippen molar-refractivity contribution in [3.8, 4) is 5.75 Å². The topological polar surface area (TPSA) is 18.5 Å². The summed E-state index contributed by atoms with van der Waals surface area (Å²) >= 11 is 23.8. The number of rotatable bonds is 5. The molecule has 2 aromatic carbocycles. The van der Waals surface area contributed by atoms with Crippen LogP contribution in [-0.2, 0) is 16.3 Å². The zero-order chi connectivity index (χ0) is 15.5. The highest BCUT2D eigenvalue weighted by Crippen LogP contribution is 2.51. The Balaban J connectivity index is 2.45. The van der Waals surface area contributed by atoms with E-state index in [0.717, 1.165) is 5.30 Å². The molecule has 21 heavy (non-hydrogen) atoms. The first-order chi connectivity index (χ1) is 9.96. The van der Waals surface area contributed by atoms with E-state index < -0.39 is 6.49 Å². The minimum Gasteiger partial charge on any atom is -0.437 e. The highest BCUT2D eigenvalue weighted by molar-refractivity contribution is 8.13. The van der Waals surface area contributed by atoms with Crippen molar-refractivity contribution in [2.75, 3.05) is 6.61 Å². The van der Waals surface area contributed by atoms with Gasteiger partial charge >= 0.3 is 0 Å². The lowest BCUT2D eigenvalue weighted by atomic mass is 10.3. The Morgan fingerprint density at radius 2 is 1.62 bits per heavy atom. The van der Waals surface area contributed by atoms with E-state index in [1.807, 2.05) is 37.3 Å². The van der Waals surface area contributed by atoms with Gasteiger partial charge in [0.25, 0.3) is 6.49 Å². The van der Waals surface area contributed by atoms with Crippen molar-refractivity contribution < 1.29 is 9.05 Å². The van der Waals surface area contributed by atoms with Gasteiger partial charge in [0.15, 0.2) is 5.75 Å². The fraction of sp³-hybridized carbons (Fsp3) is 0.143. The molecule has 0 saturated heterocycles. The lowest BCUT2D eigenvalue weighted by Gasteiger charge is -2.24. The number of benzene rings is 2. The summed E-state index contributed by atoms with van der Waals surface area (Å²) in [6.07, 6.45) is 0. The first kappa shape index (κ1) is 17.1. The van der Waals surface area contributed by atoms with E-state index in [1.54, 1.807) is 12.1 Å². The smallest absolute Gasteiger partial charge is 0.269 e. The summed E-state index contributed by atoms with van der Waals surface area (Å²) in [6.45, 7) is -0.456. The van der Waals surface area contributed by atoms with Gasteiger partial charge < -0.3 is 9.05 Å². The van der Waals surface area contributed by atoms with Crippen molar-refractivity contribution in [1.29, 1.82) is 0 Å². The molecule has 0 amide bonds. The summed E-state index contributed by atoms with van der Waals surface area (Å²) in [5.41, 5.74) is 0.